The molecule has 2 aromatic carbocycles. The molecule has 0 bridgehead atoms. The Morgan fingerprint density at radius 1 is 0.926 bits per heavy atom. The van der Waals surface area contributed by atoms with Crippen molar-refractivity contribution in [3.05, 3.63) is 48.0 Å². The molecule has 2 N–H and O–H groups in total. The Hall–Kier alpha value is -3.55. The number of hydrogen-bond donors (Lipinski definition) is 2. The Morgan fingerprint density at radius 2 is 1.63 bits per heavy atom. The minimum absolute atomic E-state index is 0.180. The zero-order valence-corrected chi connectivity index (χ0v) is 14.9. The Kier molecular flexibility index (Phi) is 6.76. The molecule has 0 aliphatic heterocycles. The number of amides is 2. The van der Waals surface area contributed by atoms with Gasteiger partial charge in [-0.2, -0.15) is 0 Å². The molecule has 0 spiro atoms. The van der Waals surface area contributed by atoms with E-state index in [1.54, 1.807) is 30.3 Å². The highest BCUT2D eigenvalue weighted by molar-refractivity contribution is 6.05. The van der Waals surface area contributed by atoms with Gasteiger partial charge >= 0.3 is 0 Å². The van der Waals surface area contributed by atoms with Gasteiger partial charge in [0.25, 0.3) is 5.91 Å². The highest BCUT2D eigenvalue weighted by atomic mass is 16.5. The average molecular weight is 371 g/mol. The Morgan fingerprint density at radius 3 is 2.22 bits per heavy atom. The second-order valence-corrected chi connectivity index (χ2v) is 5.52. The lowest BCUT2D eigenvalue weighted by atomic mass is 10.1. The summed E-state index contributed by atoms with van der Waals surface area (Å²) < 4.78 is 10.4. The lowest BCUT2D eigenvalue weighted by molar-refractivity contribution is -0.305. The fourth-order valence-corrected chi connectivity index (χ4v) is 2.25. The molecule has 2 aromatic rings. The van der Waals surface area contributed by atoms with E-state index in [1.807, 2.05) is 0 Å². The van der Waals surface area contributed by atoms with E-state index < -0.39 is 11.9 Å². The molecular weight excluding hydrogens is 352 g/mol. The van der Waals surface area contributed by atoms with Crippen molar-refractivity contribution in [2.24, 2.45) is 0 Å². The van der Waals surface area contributed by atoms with Crippen molar-refractivity contribution in [3.8, 4) is 11.5 Å². The second kappa shape index (κ2) is 9.23. The van der Waals surface area contributed by atoms with Crippen LogP contribution in [0, 0.1) is 0 Å². The molecule has 0 aromatic heterocycles. The van der Waals surface area contributed by atoms with Crippen LogP contribution in [0.5, 0.6) is 11.5 Å². The molecule has 0 saturated carbocycles. The summed E-state index contributed by atoms with van der Waals surface area (Å²) >= 11 is 0. The van der Waals surface area contributed by atoms with Gasteiger partial charge in [-0.3, -0.25) is 9.59 Å². The summed E-state index contributed by atoms with van der Waals surface area (Å²) in [4.78, 5) is 34.4. The van der Waals surface area contributed by atoms with Gasteiger partial charge in [-0.15, -0.1) is 0 Å². The maximum absolute atomic E-state index is 12.4. The highest BCUT2D eigenvalue weighted by Crippen LogP contribution is 2.29. The van der Waals surface area contributed by atoms with Gasteiger partial charge in [0.05, 0.1) is 19.9 Å². The molecule has 0 saturated heterocycles. The third-order valence-corrected chi connectivity index (χ3v) is 3.64. The first kappa shape index (κ1) is 19.8. The fraction of sp³-hybridized carbons (Fsp3) is 0.211. The van der Waals surface area contributed by atoms with Crippen LogP contribution < -0.4 is 25.2 Å². The minimum atomic E-state index is -1.29. The summed E-state index contributed by atoms with van der Waals surface area (Å²) in [7, 11) is 3.02. The van der Waals surface area contributed by atoms with E-state index in [1.165, 1.54) is 26.4 Å². The first-order valence-corrected chi connectivity index (χ1v) is 8.06. The topological polar surface area (TPSA) is 117 Å². The van der Waals surface area contributed by atoms with E-state index >= 15 is 0 Å². The van der Waals surface area contributed by atoms with Crippen LogP contribution in [-0.4, -0.2) is 32.0 Å². The lowest BCUT2D eigenvalue weighted by Crippen LogP contribution is -2.24. The monoisotopic (exact) mass is 371 g/mol. The first-order valence-electron chi connectivity index (χ1n) is 8.06. The average Bonchev–Trinajstić information content (AvgIpc) is 2.66. The largest absolute Gasteiger partial charge is 0.550 e. The van der Waals surface area contributed by atoms with Crippen molar-refractivity contribution >= 4 is 29.2 Å². The van der Waals surface area contributed by atoms with Crippen LogP contribution in [0.2, 0.25) is 0 Å². The van der Waals surface area contributed by atoms with Gasteiger partial charge in [-0.25, -0.2) is 0 Å². The van der Waals surface area contributed by atoms with E-state index in [2.05, 4.69) is 10.6 Å². The van der Waals surface area contributed by atoms with Crippen molar-refractivity contribution in [1.82, 2.24) is 0 Å². The third-order valence-electron chi connectivity index (χ3n) is 3.64. The molecule has 0 unspecified atom stereocenters. The fourth-order valence-electron chi connectivity index (χ4n) is 2.25. The number of benzene rings is 2. The van der Waals surface area contributed by atoms with E-state index in [4.69, 9.17) is 9.47 Å². The van der Waals surface area contributed by atoms with Crippen LogP contribution in [0.15, 0.2) is 42.5 Å². The maximum Gasteiger partial charge on any atom is 0.255 e. The van der Waals surface area contributed by atoms with E-state index in [-0.39, 0.29) is 18.7 Å². The van der Waals surface area contributed by atoms with Crippen LogP contribution in [-0.2, 0) is 9.59 Å². The summed E-state index contributed by atoms with van der Waals surface area (Å²) in [5.41, 5.74) is 1.28. The van der Waals surface area contributed by atoms with Crippen LogP contribution in [0.25, 0.3) is 0 Å². The summed E-state index contributed by atoms with van der Waals surface area (Å²) in [6.07, 6.45) is -0.533. The van der Waals surface area contributed by atoms with Crippen LogP contribution >= 0.6 is 0 Å². The predicted octanol–water partition coefficient (Wildman–Crippen LogP) is 1.42. The minimum Gasteiger partial charge on any atom is -0.550 e. The Balaban J connectivity index is 2.03. The third kappa shape index (κ3) is 5.74. The number of aliphatic carboxylic acids is 1. The number of ether oxygens (including phenoxy) is 2. The number of carboxylic acids is 1. The Bertz CT molecular complexity index is 833. The number of methoxy groups -OCH3 is 2. The molecule has 0 aliphatic rings. The van der Waals surface area contributed by atoms with Gasteiger partial charge in [0.2, 0.25) is 5.91 Å². The molecule has 8 nitrogen and oxygen atoms in total. The maximum atomic E-state index is 12.4. The second-order valence-electron chi connectivity index (χ2n) is 5.52. The SMILES string of the molecule is COc1ccc(OC)c(NC(=O)c2ccc(NC(=O)CCC(=O)[O-])cc2)c1. The van der Waals surface area contributed by atoms with Crippen LogP contribution in [0.3, 0.4) is 0 Å². The van der Waals surface area contributed by atoms with Crippen LogP contribution in [0.1, 0.15) is 23.2 Å². The molecular formula is C19H19N2O6-. The molecule has 0 heterocycles. The highest BCUT2D eigenvalue weighted by Gasteiger charge is 2.11. The summed E-state index contributed by atoms with van der Waals surface area (Å²) in [5.74, 6) is -1.04. The standard InChI is InChI=1S/C19H20N2O6/c1-26-14-7-8-16(27-2)15(11-14)21-19(25)12-3-5-13(6-4-12)20-17(22)9-10-18(23)24/h3-8,11H,9-10H2,1-2H3,(H,20,22)(H,21,25)(H,23,24)/p-1. The van der Waals surface area contributed by atoms with Gasteiger partial charge in [-0.1, -0.05) is 0 Å². The van der Waals surface area contributed by atoms with Gasteiger partial charge in [0, 0.05) is 29.7 Å². The van der Waals surface area contributed by atoms with Gasteiger partial charge in [-0.05, 0) is 42.8 Å². The number of carboxylic acid groups (broad SMARTS) is 1. The molecule has 142 valence electrons. The van der Waals surface area contributed by atoms with Crippen molar-refractivity contribution in [2.75, 3.05) is 24.9 Å². The van der Waals surface area contributed by atoms with Crippen molar-refractivity contribution in [1.29, 1.82) is 0 Å². The number of carbonyl (C=O) groups excluding carboxylic acids is 3. The number of hydrogen-bond acceptors (Lipinski definition) is 6. The van der Waals surface area contributed by atoms with Gasteiger partial charge in [0.1, 0.15) is 11.5 Å². The molecule has 0 atom stereocenters. The quantitative estimate of drug-likeness (QED) is 0.725. The molecule has 0 radical (unpaired) electrons. The number of rotatable bonds is 8. The molecule has 2 amide bonds. The van der Waals surface area contributed by atoms with Crippen molar-refractivity contribution in [2.45, 2.75) is 12.8 Å². The van der Waals surface area contributed by atoms with Crippen molar-refractivity contribution < 1.29 is 29.0 Å². The van der Waals surface area contributed by atoms with E-state index in [9.17, 15) is 19.5 Å². The predicted molar refractivity (Wildman–Crippen MR) is 96.8 cm³/mol. The normalized spacial score (nSPS) is 10.0. The van der Waals surface area contributed by atoms with E-state index in [0.717, 1.165) is 0 Å². The molecule has 0 fully saturated rings. The molecule has 0 aliphatic carbocycles. The number of carbonyl (C=O) groups is 3. The van der Waals surface area contributed by atoms with Crippen LogP contribution in [0.4, 0.5) is 11.4 Å². The Labute approximate surface area is 156 Å². The summed E-state index contributed by atoms with van der Waals surface area (Å²) in [5, 5.41) is 15.6. The molecule has 27 heavy (non-hydrogen) atoms. The summed E-state index contributed by atoms with van der Waals surface area (Å²) in [6.45, 7) is 0. The first-order chi connectivity index (χ1) is 12.9. The lowest BCUT2D eigenvalue weighted by Gasteiger charge is -2.12. The summed E-state index contributed by atoms with van der Waals surface area (Å²) in [6, 6.07) is 11.2. The van der Waals surface area contributed by atoms with E-state index in [0.29, 0.717) is 28.4 Å². The van der Waals surface area contributed by atoms with Gasteiger partial charge < -0.3 is 30.0 Å². The molecule has 2 rings (SSSR count). The van der Waals surface area contributed by atoms with Crippen molar-refractivity contribution in [3.63, 3.8) is 0 Å². The zero-order chi connectivity index (χ0) is 19.8. The zero-order valence-electron chi connectivity index (χ0n) is 14.9. The smallest absolute Gasteiger partial charge is 0.255 e. The molecule has 8 heteroatoms. The number of anilines is 2. The number of nitrogens with one attached hydrogen (secondary N) is 2. The van der Waals surface area contributed by atoms with Gasteiger partial charge in [0.15, 0.2) is 0 Å².